The number of aliphatic hydroxyl groups excluding tert-OH is 1. The molecule has 1 unspecified atom stereocenters. The van der Waals surface area contributed by atoms with E-state index >= 15 is 0 Å². The molecule has 0 bridgehead atoms. The first kappa shape index (κ1) is 26.5. The Hall–Kier alpha value is -3.52. The van der Waals surface area contributed by atoms with Crippen molar-refractivity contribution >= 4 is 40.7 Å². The fraction of sp³-hybridized carbons (Fsp3) is 0.214. The first-order chi connectivity index (χ1) is 17.8. The molecule has 0 radical (unpaired) electrons. The van der Waals surface area contributed by atoms with E-state index in [0.717, 1.165) is 5.56 Å². The van der Waals surface area contributed by atoms with Crippen LogP contribution in [0.4, 0.5) is 0 Å². The number of methoxy groups -OCH3 is 2. The largest absolute Gasteiger partial charge is 0.507 e. The maximum absolute atomic E-state index is 13.1. The van der Waals surface area contributed by atoms with Gasteiger partial charge in [0.05, 0.1) is 35.4 Å². The van der Waals surface area contributed by atoms with Crippen LogP contribution in [0.1, 0.15) is 22.7 Å². The zero-order valence-corrected chi connectivity index (χ0v) is 21.8. The lowest BCUT2D eigenvalue weighted by atomic mass is 9.95. The minimum atomic E-state index is -0.849. The van der Waals surface area contributed by atoms with E-state index in [4.69, 9.17) is 37.4 Å². The predicted molar refractivity (Wildman–Crippen MR) is 141 cm³/mol. The number of carbonyl (C=O) groups excluding carboxylic acids is 2. The number of ketones is 1. The SMILES string of the molecule is COCCN1C(=O)C(=O)/C(=C(/O)c2cc(Cl)c(OC)c(Cl)c2)C1c1ccc(OCc2ccccc2)cc1. The molecule has 1 aliphatic rings. The van der Waals surface area contributed by atoms with Gasteiger partial charge in [0.15, 0.2) is 5.75 Å². The molecular formula is C28H25Cl2NO6. The number of aliphatic hydroxyl groups is 1. The highest BCUT2D eigenvalue weighted by atomic mass is 35.5. The van der Waals surface area contributed by atoms with Crippen molar-refractivity contribution in [2.75, 3.05) is 27.4 Å². The van der Waals surface area contributed by atoms with Gasteiger partial charge in [0.25, 0.3) is 11.7 Å². The molecule has 0 aliphatic carbocycles. The van der Waals surface area contributed by atoms with Crippen molar-refractivity contribution in [2.45, 2.75) is 12.6 Å². The van der Waals surface area contributed by atoms with Gasteiger partial charge in [-0.25, -0.2) is 0 Å². The summed E-state index contributed by atoms with van der Waals surface area (Å²) in [6, 6.07) is 18.8. The van der Waals surface area contributed by atoms with Crippen LogP contribution in [0.2, 0.25) is 10.0 Å². The van der Waals surface area contributed by atoms with Gasteiger partial charge in [0.2, 0.25) is 0 Å². The second-order valence-corrected chi connectivity index (χ2v) is 9.12. The van der Waals surface area contributed by atoms with E-state index in [-0.39, 0.29) is 45.8 Å². The molecule has 37 heavy (non-hydrogen) atoms. The summed E-state index contributed by atoms with van der Waals surface area (Å²) in [7, 11) is 2.92. The van der Waals surface area contributed by atoms with Gasteiger partial charge in [-0.15, -0.1) is 0 Å². The number of likely N-dealkylation sites (tertiary alicyclic amines) is 1. The van der Waals surface area contributed by atoms with Crippen LogP contribution in [-0.2, 0) is 20.9 Å². The van der Waals surface area contributed by atoms with Gasteiger partial charge in [-0.1, -0.05) is 65.7 Å². The van der Waals surface area contributed by atoms with Crippen LogP contribution < -0.4 is 9.47 Å². The summed E-state index contributed by atoms with van der Waals surface area (Å²) in [5.41, 5.74) is 1.76. The van der Waals surface area contributed by atoms with Crippen LogP contribution in [0.3, 0.4) is 0 Å². The molecule has 192 valence electrons. The van der Waals surface area contributed by atoms with Crippen molar-refractivity contribution < 1.29 is 28.9 Å². The third-order valence-corrected chi connectivity index (χ3v) is 6.56. The van der Waals surface area contributed by atoms with Gasteiger partial charge in [-0.3, -0.25) is 9.59 Å². The molecule has 1 amide bonds. The average Bonchev–Trinajstić information content (AvgIpc) is 3.16. The summed E-state index contributed by atoms with van der Waals surface area (Å²) >= 11 is 12.5. The maximum Gasteiger partial charge on any atom is 0.295 e. The van der Waals surface area contributed by atoms with E-state index in [2.05, 4.69) is 0 Å². The van der Waals surface area contributed by atoms with Crippen molar-refractivity contribution in [3.8, 4) is 11.5 Å². The fourth-order valence-electron chi connectivity index (χ4n) is 4.18. The second kappa shape index (κ2) is 11.7. The Morgan fingerprint density at radius 3 is 2.22 bits per heavy atom. The highest BCUT2D eigenvalue weighted by Crippen LogP contribution is 2.42. The summed E-state index contributed by atoms with van der Waals surface area (Å²) in [4.78, 5) is 27.5. The molecule has 1 atom stereocenters. The average molecular weight is 542 g/mol. The molecule has 0 saturated carbocycles. The molecule has 1 N–H and O–H groups in total. The number of Topliss-reactive ketones (excluding diaryl/α,β-unsaturated/α-hetero) is 1. The van der Waals surface area contributed by atoms with Crippen molar-refractivity contribution in [3.63, 3.8) is 0 Å². The number of rotatable bonds is 9. The van der Waals surface area contributed by atoms with Crippen molar-refractivity contribution in [3.05, 3.63) is 99.0 Å². The Labute approximate surface area is 224 Å². The van der Waals surface area contributed by atoms with E-state index in [1.165, 1.54) is 31.3 Å². The van der Waals surface area contributed by atoms with Crippen LogP contribution in [0, 0.1) is 0 Å². The standard InChI is InChI=1S/C28H25Cl2NO6/c1-35-13-12-31-24(18-8-10-20(11-9-18)37-16-17-6-4-3-5-7-17)23(26(33)28(31)34)25(32)19-14-21(29)27(36-2)22(30)15-19/h3-11,14-15,24,32H,12-13,16H2,1-2H3/b25-23+. The van der Waals surface area contributed by atoms with Crippen LogP contribution in [0.25, 0.3) is 5.76 Å². The van der Waals surface area contributed by atoms with E-state index in [0.29, 0.717) is 17.9 Å². The Morgan fingerprint density at radius 1 is 0.973 bits per heavy atom. The van der Waals surface area contributed by atoms with Gasteiger partial charge >= 0.3 is 0 Å². The fourth-order valence-corrected chi connectivity index (χ4v) is 4.82. The van der Waals surface area contributed by atoms with Crippen LogP contribution in [0.5, 0.6) is 11.5 Å². The lowest BCUT2D eigenvalue weighted by molar-refractivity contribution is -0.140. The summed E-state index contributed by atoms with van der Waals surface area (Å²) in [6.45, 7) is 0.756. The number of nitrogens with zero attached hydrogens (tertiary/aromatic N) is 1. The van der Waals surface area contributed by atoms with Crippen molar-refractivity contribution in [1.29, 1.82) is 0 Å². The zero-order valence-electron chi connectivity index (χ0n) is 20.2. The topological polar surface area (TPSA) is 85.3 Å². The van der Waals surface area contributed by atoms with Gasteiger partial charge in [0, 0.05) is 19.2 Å². The van der Waals surface area contributed by atoms with Gasteiger partial charge in [-0.05, 0) is 35.4 Å². The number of amides is 1. The molecule has 1 aliphatic heterocycles. The van der Waals surface area contributed by atoms with Gasteiger partial charge in [-0.2, -0.15) is 0 Å². The van der Waals surface area contributed by atoms with Crippen molar-refractivity contribution in [2.24, 2.45) is 0 Å². The normalized spacial score (nSPS) is 16.8. The number of carbonyl (C=O) groups is 2. The Balaban J connectivity index is 1.72. The van der Waals surface area contributed by atoms with E-state index in [1.54, 1.807) is 24.3 Å². The first-order valence-corrected chi connectivity index (χ1v) is 12.2. The lowest BCUT2D eigenvalue weighted by Gasteiger charge is -2.25. The number of benzene rings is 3. The van der Waals surface area contributed by atoms with Gasteiger partial charge < -0.3 is 24.2 Å². The number of hydrogen-bond acceptors (Lipinski definition) is 6. The monoisotopic (exact) mass is 541 g/mol. The smallest absolute Gasteiger partial charge is 0.295 e. The number of hydrogen-bond donors (Lipinski definition) is 1. The minimum Gasteiger partial charge on any atom is -0.507 e. The van der Waals surface area contributed by atoms with E-state index in [1.807, 2.05) is 30.3 Å². The van der Waals surface area contributed by atoms with Crippen LogP contribution in [-0.4, -0.2) is 49.1 Å². The molecule has 1 fully saturated rings. The molecular weight excluding hydrogens is 517 g/mol. The number of ether oxygens (including phenoxy) is 3. The maximum atomic E-state index is 13.1. The molecule has 1 heterocycles. The predicted octanol–water partition coefficient (Wildman–Crippen LogP) is 5.65. The zero-order chi connectivity index (χ0) is 26.5. The van der Waals surface area contributed by atoms with E-state index in [9.17, 15) is 14.7 Å². The van der Waals surface area contributed by atoms with Crippen LogP contribution in [0.15, 0.2) is 72.3 Å². The molecule has 3 aromatic carbocycles. The van der Waals surface area contributed by atoms with Crippen LogP contribution >= 0.6 is 23.2 Å². The summed E-state index contributed by atoms with van der Waals surface area (Å²) in [5.74, 6) is -1.08. The lowest BCUT2D eigenvalue weighted by Crippen LogP contribution is -2.32. The molecule has 0 spiro atoms. The second-order valence-electron chi connectivity index (χ2n) is 8.30. The summed E-state index contributed by atoms with van der Waals surface area (Å²) < 4.78 is 16.2. The molecule has 4 rings (SSSR count). The van der Waals surface area contributed by atoms with Crippen molar-refractivity contribution in [1.82, 2.24) is 4.90 Å². The van der Waals surface area contributed by atoms with Gasteiger partial charge in [0.1, 0.15) is 18.1 Å². The molecule has 7 nitrogen and oxygen atoms in total. The Kier molecular flexibility index (Phi) is 8.38. The third kappa shape index (κ3) is 5.59. The quantitative estimate of drug-likeness (QED) is 0.214. The summed E-state index contributed by atoms with van der Waals surface area (Å²) in [6.07, 6.45) is 0. The molecule has 3 aromatic rings. The highest BCUT2D eigenvalue weighted by molar-refractivity contribution is 6.46. The highest BCUT2D eigenvalue weighted by Gasteiger charge is 2.46. The molecule has 0 aromatic heterocycles. The third-order valence-electron chi connectivity index (χ3n) is 6.00. The number of halogens is 2. The summed E-state index contributed by atoms with van der Waals surface area (Å²) in [5, 5.41) is 11.5. The Morgan fingerprint density at radius 2 is 1.62 bits per heavy atom. The van der Waals surface area contributed by atoms with E-state index < -0.39 is 17.7 Å². The minimum absolute atomic E-state index is 0.0728. The Bertz CT molecular complexity index is 1300. The molecule has 1 saturated heterocycles. The molecule has 9 heteroatoms. The first-order valence-electron chi connectivity index (χ1n) is 11.4.